The fourth-order valence-corrected chi connectivity index (χ4v) is 2.42. The van der Waals surface area contributed by atoms with Crippen molar-refractivity contribution in [1.29, 1.82) is 0 Å². The van der Waals surface area contributed by atoms with Gasteiger partial charge in [-0.15, -0.1) is 0 Å². The van der Waals surface area contributed by atoms with Gasteiger partial charge < -0.3 is 14.2 Å². The Hall–Kier alpha value is -1.54. The highest BCUT2D eigenvalue weighted by molar-refractivity contribution is 5.13. The van der Waals surface area contributed by atoms with Gasteiger partial charge in [-0.25, -0.2) is 0 Å². The predicted octanol–water partition coefficient (Wildman–Crippen LogP) is 3.31. The second kappa shape index (κ2) is 7.30. The smallest absolute Gasteiger partial charge is 0.132 e. The van der Waals surface area contributed by atoms with E-state index in [9.17, 15) is 0 Å². The molecular weight excluding hydrogens is 252 g/mol. The van der Waals surface area contributed by atoms with Crippen molar-refractivity contribution in [2.45, 2.75) is 38.8 Å². The largest absolute Gasteiger partial charge is 0.487 e. The van der Waals surface area contributed by atoms with Crippen LogP contribution in [0.25, 0.3) is 0 Å². The van der Waals surface area contributed by atoms with Gasteiger partial charge in [-0.1, -0.05) is 49.6 Å². The molecule has 0 unspecified atom stereocenters. The molecule has 20 heavy (non-hydrogen) atoms. The quantitative estimate of drug-likeness (QED) is 0.609. The molecule has 0 radical (unpaired) electrons. The van der Waals surface area contributed by atoms with Gasteiger partial charge in [0.15, 0.2) is 0 Å². The molecule has 0 spiro atoms. The Kier molecular flexibility index (Phi) is 5.42. The lowest BCUT2D eigenvalue weighted by molar-refractivity contribution is -0.182. The summed E-state index contributed by atoms with van der Waals surface area (Å²) in [6, 6.07) is 10.1. The first-order valence-electron chi connectivity index (χ1n) is 6.99. The summed E-state index contributed by atoms with van der Waals surface area (Å²) in [4.78, 5) is 0. The SMILES string of the molecule is C=C=CO[C@@H]1[C@@H](OCc2ccccc2)[C@@H](C)OC[C@H]1C. The first-order valence-corrected chi connectivity index (χ1v) is 6.99. The van der Waals surface area contributed by atoms with E-state index in [0.29, 0.717) is 13.2 Å². The lowest BCUT2D eigenvalue weighted by Gasteiger charge is -2.39. The molecule has 1 aromatic carbocycles. The van der Waals surface area contributed by atoms with E-state index < -0.39 is 0 Å². The normalized spacial score (nSPS) is 29.5. The minimum atomic E-state index is -0.0939. The van der Waals surface area contributed by atoms with Crippen LogP contribution in [0.5, 0.6) is 0 Å². The molecule has 3 heteroatoms. The fourth-order valence-electron chi connectivity index (χ4n) is 2.42. The maximum absolute atomic E-state index is 6.04. The molecule has 2 rings (SSSR count). The van der Waals surface area contributed by atoms with E-state index in [1.54, 1.807) is 0 Å². The summed E-state index contributed by atoms with van der Waals surface area (Å²) in [5, 5.41) is 0. The lowest BCUT2D eigenvalue weighted by Crippen LogP contribution is -2.50. The minimum Gasteiger partial charge on any atom is -0.487 e. The van der Waals surface area contributed by atoms with Crippen LogP contribution >= 0.6 is 0 Å². The topological polar surface area (TPSA) is 27.7 Å². The van der Waals surface area contributed by atoms with E-state index in [2.05, 4.69) is 31.4 Å². The molecule has 3 nitrogen and oxygen atoms in total. The molecule has 1 fully saturated rings. The third kappa shape index (κ3) is 3.73. The molecule has 1 saturated heterocycles. The van der Waals surface area contributed by atoms with Gasteiger partial charge in [-0.05, 0) is 12.5 Å². The number of hydrogen-bond acceptors (Lipinski definition) is 3. The molecule has 0 saturated carbocycles. The average Bonchev–Trinajstić information content (AvgIpc) is 2.48. The van der Waals surface area contributed by atoms with Gasteiger partial charge in [0.1, 0.15) is 18.5 Å². The van der Waals surface area contributed by atoms with Gasteiger partial charge in [0, 0.05) is 5.92 Å². The highest BCUT2D eigenvalue weighted by atomic mass is 16.6. The Morgan fingerprint density at radius 1 is 1.30 bits per heavy atom. The van der Waals surface area contributed by atoms with E-state index in [0.717, 1.165) is 5.56 Å². The predicted molar refractivity (Wildman–Crippen MR) is 78.2 cm³/mol. The maximum atomic E-state index is 6.04. The average molecular weight is 274 g/mol. The molecule has 1 heterocycles. The van der Waals surface area contributed by atoms with E-state index in [-0.39, 0.29) is 24.2 Å². The first kappa shape index (κ1) is 14.9. The van der Waals surface area contributed by atoms with Crippen molar-refractivity contribution in [3.8, 4) is 0 Å². The molecule has 0 aliphatic carbocycles. The Labute approximate surface area is 120 Å². The maximum Gasteiger partial charge on any atom is 0.132 e. The van der Waals surface area contributed by atoms with Crippen LogP contribution in [0.2, 0.25) is 0 Å². The molecule has 4 atom stereocenters. The summed E-state index contributed by atoms with van der Waals surface area (Å²) in [6.07, 6.45) is 1.40. The zero-order valence-electron chi connectivity index (χ0n) is 12.1. The minimum absolute atomic E-state index is 0.0122. The first-order chi connectivity index (χ1) is 9.72. The van der Waals surface area contributed by atoms with Crippen LogP contribution < -0.4 is 0 Å². The van der Waals surface area contributed by atoms with Crippen molar-refractivity contribution in [1.82, 2.24) is 0 Å². The van der Waals surface area contributed by atoms with Crippen molar-refractivity contribution in [3.05, 3.63) is 54.5 Å². The van der Waals surface area contributed by atoms with Gasteiger partial charge >= 0.3 is 0 Å². The Bertz CT molecular complexity index is 451. The highest BCUT2D eigenvalue weighted by Gasteiger charge is 2.38. The van der Waals surface area contributed by atoms with E-state index in [1.165, 1.54) is 6.26 Å². The van der Waals surface area contributed by atoms with Crippen molar-refractivity contribution < 1.29 is 14.2 Å². The second-order valence-electron chi connectivity index (χ2n) is 5.20. The van der Waals surface area contributed by atoms with Gasteiger partial charge in [0.25, 0.3) is 0 Å². The zero-order chi connectivity index (χ0) is 14.4. The fraction of sp³-hybridized carbons (Fsp3) is 0.471. The van der Waals surface area contributed by atoms with Crippen molar-refractivity contribution in [3.63, 3.8) is 0 Å². The van der Waals surface area contributed by atoms with Crippen LogP contribution in [0.1, 0.15) is 19.4 Å². The van der Waals surface area contributed by atoms with Crippen molar-refractivity contribution in [2.75, 3.05) is 6.61 Å². The molecule has 108 valence electrons. The summed E-state index contributed by atoms with van der Waals surface area (Å²) in [6.45, 7) is 8.90. The van der Waals surface area contributed by atoms with E-state index in [1.807, 2.05) is 25.1 Å². The standard InChI is InChI=1S/C17H22O3/c1-4-10-18-16-13(2)11-19-14(3)17(16)20-12-15-8-6-5-7-9-15/h5-10,13-14,16-17H,1,11-12H2,2-3H3/t13-,14-,16+,17+/m1/s1. The van der Waals surface area contributed by atoms with E-state index in [4.69, 9.17) is 14.2 Å². The van der Waals surface area contributed by atoms with Crippen LogP contribution in [0.4, 0.5) is 0 Å². The molecular formula is C17H22O3. The second-order valence-corrected chi connectivity index (χ2v) is 5.20. The van der Waals surface area contributed by atoms with Crippen LogP contribution in [-0.2, 0) is 20.8 Å². The molecule has 1 aliphatic heterocycles. The molecule has 0 N–H and O–H groups in total. The number of ether oxygens (including phenoxy) is 3. The van der Waals surface area contributed by atoms with Crippen LogP contribution in [0.3, 0.4) is 0 Å². The third-order valence-electron chi connectivity index (χ3n) is 3.56. The molecule has 0 aromatic heterocycles. The zero-order valence-corrected chi connectivity index (χ0v) is 12.1. The summed E-state index contributed by atoms with van der Waals surface area (Å²) < 4.78 is 17.5. The van der Waals surface area contributed by atoms with Crippen LogP contribution in [0, 0.1) is 5.92 Å². The van der Waals surface area contributed by atoms with Gasteiger partial charge in [-0.2, -0.15) is 0 Å². The number of rotatable bonds is 5. The van der Waals surface area contributed by atoms with Gasteiger partial charge in [-0.3, -0.25) is 0 Å². The monoisotopic (exact) mass is 274 g/mol. The Balaban J connectivity index is 2.02. The summed E-state index contributed by atoms with van der Waals surface area (Å²) in [7, 11) is 0. The molecule has 1 aliphatic rings. The number of hydrogen-bond donors (Lipinski definition) is 0. The van der Waals surface area contributed by atoms with Crippen molar-refractivity contribution >= 4 is 0 Å². The number of benzene rings is 1. The molecule has 1 aromatic rings. The highest BCUT2D eigenvalue weighted by Crippen LogP contribution is 2.26. The molecule has 0 bridgehead atoms. The Morgan fingerprint density at radius 2 is 2.05 bits per heavy atom. The summed E-state index contributed by atoms with van der Waals surface area (Å²) >= 11 is 0. The van der Waals surface area contributed by atoms with Gasteiger partial charge in [0.2, 0.25) is 0 Å². The molecule has 0 amide bonds. The summed E-state index contributed by atoms with van der Waals surface area (Å²) in [5.74, 6) is 0.275. The van der Waals surface area contributed by atoms with Crippen LogP contribution in [-0.4, -0.2) is 24.9 Å². The third-order valence-corrected chi connectivity index (χ3v) is 3.56. The Morgan fingerprint density at radius 3 is 2.75 bits per heavy atom. The van der Waals surface area contributed by atoms with E-state index >= 15 is 0 Å². The van der Waals surface area contributed by atoms with Crippen molar-refractivity contribution in [2.24, 2.45) is 5.92 Å². The lowest BCUT2D eigenvalue weighted by atomic mass is 9.94. The van der Waals surface area contributed by atoms with Gasteiger partial charge in [0.05, 0.1) is 19.3 Å². The summed E-state index contributed by atoms with van der Waals surface area (Å²) in [5.41, 5.74) is 3.80. The van der Waals surface area contributed by atoms with Crippen LogP contribution in [0.15, 0.2) is 48.9 Å².